The van der Waals surface area contributed by atoms with Crippen molar-refractivity contribution in [2.24, 2.45) is 0 Å². The second-order valence-electron chi connectivity index (χ2n) is 4.95. The lowest BCUT2D eigenvalue weighted by Gasteiger charge is -2.19. The van der Waals surface area contributed by atoms with Crippen LogP contribution in [0.1, 0.15) is 42.5 Å². The Morgan fingerprint density at radius 3 is 2.55 bits per heavy atom. The summed E-state index contributed by atoms with van der Waals surface area (Å²) in [5.74, 6) is 0.0712. The minimum atomic E-state index is -0.136. The van der Waals surface area contributed by atoms with Crippen LogP contribution in [0.4, 0.5) is 0 Å². The van der Waals surface area contributed by atoms with Gasteiger partial charge in [-0.15, -0.1) is 0 Å². The number of benzene rings is 1. The highest BCUT2D eigenvalue weighted by atomic mass is 16.1. The lowest BCUT2D eigenvalue weighted by atomic mass is 9.99. The molecule has 20 heavy (non-hydrogen) atoms. The fourth-order valence-corrected chi connectivity index (χ4v) is 2.12. The van der Waals surface area contributed by atoms with Gasteiger partial charge in [0, 0.05) is 18.8 Å². The monoisotopic (exact) mass is 268 g/mol. The molecule has 1 N–H and O–H groups in total. The maximum atomic E-state index is 11.9. The minimum Gasteiger partial charge on any atom is -0.345 e. The van der Waals surface area contributed by atoms with Crippen LogP contribution in [0.25, 0.3) is 0 Å². The van der Waals surface area contributed by atoms with E-state index >= 15 is 0 Å². The van der Waals surface area contributed by atoms with Crippen molar-refractivity contribution in [3.8, 4) is 0 Å². The molecule has 1 amide bonds. The smallest absolute Gasteiger partial charge is 0.220 e. The summed E-state index contributed by atoms with van der Waals surface area (Å²) < 4.78 is 0. The second kappa shape index (κ2) is 6.85. The lowest BCUT2D eigenvalue weighted by Crippen LogP contribution is -2.29. The van der Waals surface area contributed by atoms with E-state index in [4.69, 9.17) is 0 Å². The van der Waals surface area contributed by atoms with Crippen LogP contribution >= 0.6 is 0 Å². The van der Waals surface area contributed by atoms with Gasteiger partial charge in [0.1, 0.15) is 0 Å². The largest absolute Gasteiger partial charge is 0.345 e. The summed E-state index contributed by atoms with van der Waals surface area (Å²) >= 11 is 0. The number of carbonyl (C=O) groups is 1. The van der Waals surface area contributed by atoms with E-state index in [9.17, 15) is 4.79 Å². The Morgan fingerprint density at radius 1 is 1.20 bits per heavy atom. The number of rotatable bonds is 5. The summed E-state index contributed by atoms with van der Waals surface area (Å²) in [4.78, 5) is 16.1. The predicted molar refractivity (Wildman–Crippen MR) is 80.3 cm³/mol. The molecule has 3 nitrogen and oxygen atoms in total. The Hall–Kier alpha value is -2.16. The normalized spacial score (nSPS) is 11.9. The molecule has 0 saturated heterocycles. The minimum absolute atomic E-state index is 0.0712. The van der Waals surface area contributed by atoms with Crippen molar-refractivity contribution >= 4 is 5.91 Å². The SMILES string of the molecule is CCCC(=O)N[C@H](c1ccc(C)cc1)c1cccnc1. The van der Waals surface area contributed by atoms with Crippen LogP contribution < -0.4 is 5.32 Å². The lowest BCUT2D eigenvalue weighted by molar-refractivity contribution is -0.121. The van der Waals surface area contributed by atoms with Crippen LogP contribution in [-0.2, 0) is 4.79 Å². The Morgan fingerprint density at radius 2 is 1.95 bits per heavy atom. The van der Waals surface area contributed by atoms with Crippen molar-refractivity contribution in [1.29, 1.82) is 0 Å². The van der Waals surface area contributed by atoms with E-state index < -0.39 is 0 Å². The van der Waals surface area contributed by atoms with Gasteiger partial charge in [-0.2, -0.15) is 0 Å². The Kier molecular flexibility index (Phi) is 4.88. The predicted octanol–water partition coefficient (Wildman–Crippen LogP) is 3.40. The van der Waals surface area contributed by atoms with Crippen molar-refractivity contribution in [3.63, 3.8) is 0 Å². The number of amides is 1. The van der Waals surface area contributed by atoms with Crippen molar-refractivity contribution in [2.75, 3.05) is 0 Å². The summed E-state index contributed by atoms with van der Waals surface area (Å²) in [7, 11) is 0. The van der Waals surface area contributed by atoms with Gasteiger partial charge in [-0.05, 0) is 30.5 Å². The molecule has 0 spiro atoms. The standard InChI is InChI=1S/C17H20N2O/c1-3-5-16(20)19-17(15-6-4-11-18-12-15)14-9-7-13(2)8-10-14/h4,6-12,17H,3,5H2,1-2H3,(H,19,20)/t17-/m1/s1. The summed E-state index contributed by atoms with van der Waals surface area (Å²) in [6.45, 7) is 4.06. The molecule has 1 aromatic heterocycles. The van der Waals surface area contributed by atoms with Crippen LogP contribution in [0, 0.1) is 6.92 Å². The topological polar surface area (TPSA) is 42.0 Å². The quantitative estimate of drug-likeness (QED) is 0.903. The second-order valence-corrected chi connectivity index (χ2v) is 4.95. The van der Waals surface area contributed by atoms with Crippen molar-refractivity contribution < 1.29 is 4.79 Å². The molecule has 1 atom stereocenters. The van der Waals surface area contributed by atoms with E-state index in [1.165, 1.54) is 5.56 Å². The van der Waals surface area contributed by atoms with Crippen molar-refractivity contribution in [2.45, 2.75) is 32.7 Å². The Bertz CT molecular complexity index is 549. The molecular weight excluding hydrogens is 248 g/mol. The van der Waals surface area contributed by atoms with Gasteiger partial charge in [-0.25, -0.2) is 0 Å². The van der Waals surface area contributed by atoms with E-state index in [0.717, 1.165) is 17.5 Å². The van der Waals surface area contributed by atoms with E-state index in [1.54, 1.807) is 12.4 Å². The first-order valence-corrected chi connectivity index (χ1v) is 6.96. The zero-order valence-electron chi connectivity index (χ0n) is 12.0. The third-order valence-electron chi connectivity index (χ3n) is 3.21. The van der Waals surface area contributed by atoms with Gasteiger partial charge < -0.3 is 5.32 Å². The first-order chi connectivity index (χ1) is 9.70. The van der Waals surface area contributed by atoms with E-state index in [0.29, 0.717) is 6.42 Å². The molecule has 1 aromatic carbocycles. The van der Waals surface area contributed by atoms with Gasteiger partial charge in [0.25, 0.3) is 0 Å². The number of carbonyl (C=O) groups excluding carboxylic acids is 1. The molecule has 0 bridgehead atoms. The number of hydrogen-bond donors (Lipinski definition) is 1. The van der Waals surface area contributed by atoms with Crippen LogP contribution in [-0.4, -0.2) is 10.9 Å². The first-order valence-electron chi connectivity index (χ1n) is 6.96. The van der Waals surface area contributed by atoms with Gasteiger partial charge in [0.2, 0.25) is 5.91 Å². The van der Waals surface area contributed by atoms with E-state index in [2.05, 4.69) is 41.5 Å². The maximum Gasteiger partial charge on any atom is 0.220 e. The third kappa shape index (κ3) is 3.67. The molecule has 104 valence electrons. The average molecular weight is 268 g/mol. The van der Waals surface area contributed by atoms with Gasteiger partial charge in [0.15, 0.2) is 0 Å². The highest BCUT2D eigenvalue weighted by molar-refractivity contribution is 5.76. The summed E-state index contributed by atoms with van der Waals surface area (Å²) in [5, 5.41) is 3.09. The van der Waals surface area contributed by atoms with E-state index in [1.807, 2.05) is 19.1 Å². The molecule has 2 rings (SSSR count). The maximum absolute atomic E-state index is 11.9. The van der Waals surface area contributed by atoms with Gasteiger partial charge in [-0.3, -0.25) is 9.78 Å². The fraction of sp³-hybridized carbons (Fsp3) is 0.294. The van der Waals surface area contributed by atoms with E-state index in [-0.39, 0.29) is 11.9 Å². The molecule has 3 heteroatoms. The zero-order valence-corrected chi connectivity index (χ0v) is 12.0. The molecule has 2 aromatic rings. The third-order valence-corrected chi connectivity index (χ3v) is 3.21. The molecule has 0 radical (unpaired) electrons. The van der Waals surface area contributed by atoms with Crippen LogP contribution in [0.3, 0.4) is 0 Å². The molecular formula is C17H20N2O. The molecule has 0 fully saturated rings. The number of aromatic nitrogens is 1. The summed E-state index contributed by atoms with van der Waals surface area (Å²) in [5.41, 5.74) is 3.28. The zero-order chi connectivity index (χ0) is 14.4. The van der Waals surface area contributed by atoms with Gasteiger partial charge in [-0.1, -0.05) is 42.8 Å². The molecule has 0 aliphatic rings. The molecule has 1 heterocycles. The van der Waals surface area contributed by atoms with Gasteiger partial charge in [0.05, 0.1) is 6.04 Å². The number of nitrogens with one attached hydrogen (secondary N) is 1. The Balaban J connectivity index is 2.29. The van der Waals surface area contributed by atoms with Crippen LogP contribution in [0.2, 0.25) is 0 Å². The molecule has 0 unspecified atom stereocenters. The summed E-state index contributed by atoms with van der Waals surface area (Å²) in [6.07, 6.45) is 4.93. The number of nitrogens with zero attached hydrogens (tertiary/aromatic N) is 1. The Labute approximate surface area is 120 Å². The van der Waals surface area contributed by atoms with Crippen LogP contribution in [0.15, 0.2) is 48.8 Å². The molecule has 0 aliphatic carbocycles. The number of aryl methyl sites for hydroxylation is 1. The van der Waals surface area contributed by atoms with Crippen LogP contribution in [0.5, 0.6) is 0 Å². The number of hydrogen-bond acceptors (Lipinski definition) is 2. The highest BCUT2D eigenvalue weighted by Gasteiger charge is 2.16. The van der Waals surface area contributed by atoms with Crippen molar-refractivity contribution in [3.05, 3.63) is 65.5 Å². The van der Waals surface area contributed by atoms with Crippen molar-refractivity contribution in [1.82, 2.24) is 10.3 Å². The number of pyridine rings is 1. The first kappa shape index (κ1) is 14.3. The highest BCUT2D eigenvalue weighted by Crippen LogP contribution is 2.22. The molecule has 0 saturated carbocycles. The molecule has 0 aliphatic heterocycles. The van der Waals surface area contributed by atoms with Gasteiger partial charge >= 0.3 is 0 Å². The average Bonchev–Trinajstić information content (AvgIpc) is 2.47. The fourth-order valence-electron chi connectivity index (χ4n) is 2.12. The summed E-state index contributed by atoms with van der Waals surface area (Å²) in [6, 6.07) is 12.0.